The second kappa shape index (κ2) is 5.09. The van der Waals surface area contributed by atoms with E-state index in [1.54, 1.807) is 7.11 Å². The van der Waals surface area contributed by atoms with Crippen molar-refractivity contribution in [3.05, 3.63) is 29.6 Å². The van der Waals surface area contributed by atoms with Crippen molar-refractivity contribution < 1.29 is 23.0 Å². The predicted octanol–water partition coefficient (Wildman–Crippen LogP) is 2.88. The molecule has 0 bridgehead atoms. The molecular weight excluding hydrogens is 259 g/mol. The second-order valence-corrected chi connectivity index (χ2v) is 4.89. The minimum atomic E-state index is -4.48. The van der Waals surface area contributed by atoms with Crippen LogP contribution in [-0.4, -0.2) is 23.3 Å². The third-order valence-corrected chi connectivity index (χ3v) is 3.72. The van der Waals surface area contributed by atoms with Crippen LogP contribution >= 0.6 is 0 Å². The Bertz CT molecular complexity index is 440. The van der Waals surface area contributed by atoms with E-state index >= 15 is 0 Å². The maximum absolute atomic E-state index is 13.0. The van der Waals surface area contributed by atoms with Crippen molar-refractivity contribution in [3.8, 4) is 0 Å². The van der Waals surface area contributed by atoms with Gasteiger partial charge < -0.3 is 9.84 Å². The lowest BCUT2D eigenvalue weighted by Crippen LogP contribution is -2.36. The lowest BCUT2D eigenvalue weighted by Gasteiger charge is -2.36. The molecule has 1 aromatic heterocycles. The minimum absolute atomic E-state index is 0.00582. The summed E-state index contributed by atoms with van der Waals surface area (Å²) in [5.74, 6) is 0. The Kier molecular flexibility index (Phi) is 3.82. The van der Waals surface area contributed by atoms with Crippen LogP contribution in [0.3, 0.4) is 0 Å². The molecule has 0 radical (unpaired) electrons. The number of rotatable bonds is 2. The van der Waals surface area contributed by atoms with E-state index in [0.717, 1.165) is 18.5 Å². The van der Waals surface area contributed by atoms with Gasteiger partial charge in [-0.25, -0.2) is 0 Å². The van der Waals surface area contributed by atoms with Gasteiger partial charge in [-0.3, -0.25) is 4.98 Å². The Hall–Kier alpha value is -1.14. The van der Waals surface area contributed by atoms with E-state index in [1.165, 1.54) is 0 Å². The molecule has 1 aliphatic rings. The third-order valence-electron chi connectivity index (χ3n) is 3.72. The highest BCUT2D eigenvalue weighted by Crippen LogP contribution is 2.43. The summed E-state index contributed by atoms with van der Waals surface area (Å²) in [6.45, 7) is 0. The Balaban J connectivity index is 2.32. The van der Waals surface area contributed by atoms with E-state index in [2.05, 4.69) is 4.98 Å². The number of ether oxygens (including phenoxy) is 1. The first kappa shape index (κ1) is 14.3. The van der Waals surface area contributed by atoms with Crippen LogP contribution in [0.15, 0.2) is 18.5 Å². The maximum atomic E-state index is 13.0. The Morgan fingerprint density at radius 3 is 2.53 bits per heavy atom. The molecule has 3 nitrogen and oxygen atoms in total. The second-order valence-electron chi connectivity index (χ2n) is 4.89. The van der Waals surface area contributed by atoms with Crippen LogP contribution in [0.25, 0.3) is 0 Å². The van der Waals surface area contributed by atoms with E-state index in [9.17, 15) is 18.3 Å². The fourth-order valence-electron chi connectivity index (χ4n) is 2.59. The normalized spacial score (nSPS) is 28.4. The molecule has 0 spiro atoms. The van der Waals surface area contributed by atoms with Crippen LogP contribution < -0.4 is 0 Å². The first-order valence-corrected chi connectivity index (χ1v) is 6.14. The first-order chi connectivity index (χ1) is 8.87. The predicted molar refractivity (Wildman–Crippen MR) is 62.4 cm³/mol. The molecule has 0 aliphatic heterocycles. The number of aromatic nitrogens is 1. The van der Waals surface area contributed by atoms with Gasteiger partial charge in [-0.15, -0.1) is 0 Å². The molecule has 1 heterocycles. The molecule has 1 aliphatic carbocycles. The Morgan fingerprint density at radius 2 is 2.00 bits per heavy atom. The SMILES string of the molecule is COC1CCC(O)(c2cnccc2C(F)(F)F)CC1. The van der Waals surface area contributed by atoms with Gasteiger partial charge in [0.05, 0.1) is 17.3 Å². The van der Waals surface area contributed by atoms with Crippen molar-refractivity contribution >= 4 is 0 Å². The highest BCUT2D eigenvalue weighted by molar-refractivity contribution is 5.32. The molecule has 1 N–H and O–H groups in total. The number of halogens is 3. The quantitative estimate of drug-likeness (QED) is 0.902. The molecule has 0 amide bonds. The molecular formula is C13H16F3NO2. The van der Waals surface area contributed by atoms with Gasteiger partial charge in [0.15, 0.2) is 0 Å². The molecule has 0 saturated heterocycles. The molecule has 106 valence electrons. The summed E-state index contributed by atoms with van der Waals surface area (Å²) < 4.78 is 44.0. The summed E-state index contributed by atoms with van der Waals surface area (Å²) in [7, 11) is 1.57. The van der Waals surface area contributed by atoms with Crippen LogP contribution in [0.4, 0.5) is 13.2 Å². The van der Waals surface area contributed by atoms with Crippen LogP contribution in [-0.2, 0) is 16.5 Å². The first-order valence-electron chi connectivity index (χ1n) is 6.14. The lowest BCUT2D eigenvalue weighted by molar-refractivity contribution is -0.142. The van der Waals surface area contributed by atoms with Gasteiger partial charge in [-0.05, 0) is 31.7 Å². The van der Waals surface area contributed by atoms with Crippen LogP contribution in [0.1, 0.15) is 36.8 Å². The number of hydrogen-bond donors (Lipinski definition) is 1. The van der Waals surface area contributed by atoms with Crippen molar-refractivity contribution in [1.82, 2.24) is 4.98 Å². The number of pyridine rings is 1. The van der Waals surface area contributed by atoms with E-state index in [0.29, 0.717) is 12.8 Å². The largest absolute Gasteiger partial charge is 0.416 e. The zero-order valence-electron chi connectivity index (χ0n) is 10.6. The van der Waals surface area contributed by atoms with Crippen molar-refractivity contribution in [2.75, 3.05) is 7.11 Å². The number of aliphatic hydroxyl groups is 1. The fourth-order valence-corrected chi connectivity index (χ4v) is 2.59. The summed E-state index contributed by atoms with van der Waals surface area (Å²) in [4.78, 5) is 3.73. The van der Waals surface area contributed by atoms with Gasteiger partial charge in [0, 0.05) is 25.1 Å². The molecule has 1 saturated carbocycles. The number of methoxy groups -OCH3 is 1. The summed E-state index contributed by atoms with van der Waals surface area (Å²) in [5.41, 5.74) is -2.40. The Labute approximate surface area is 109 Å². The zero-order chi connectivity index (χ0) is 14.1. The van der Waals surface area contributed by atoms with Crippen molar-refractivity contribution in [2.24, 2.45) is 0 Å². The van der Waals surface area contributed by atoms with E-state index < -0.39 is 17.3 Å². The number of nitrogens with zero attached hydrogens (tertiary/aromatic N) is 1. The lowest BCUT2D eigenvalue weighted by atomic mass is 9.77. The monoisotopic (exact) mass is 275 g/mol. The molecule has 0 atom stereocenters. The average molecular weight is 275 g/mol. The average Bonchev–Trinajstić information content (AvgIpc) is 2.39. The van der Waals surface area contributed by atoms with E-state index in [4.69, 9.17) is 4.74 Å². The molecule has 1 aromatic rings. The van der Waals surface area contributed by atoms with Gasteiger partial charge in [-0.1, -0.05) is 0 Å². The van der Waals surface area contributed by atoms with Crippen LogP contribution in [0.2, 0.25) is 0 Å². The number of hydrogen-bond acceptors (Lipinski definition) is 3. The summed E-state index contributed by atoms with van der Waals surface area (Å²) in [5, 5.41) is 10.5. The Morgan fingerprint density at radius 1 is 1.37 bits per heavy atom. The van der Waals surface area contributed by atoms with E-state index in [1.807, 2.05) is 0 Å². The maximum Gasteiger partial charge on any atom is 0.416 e. The van der Waals surface area contributed by atoms with Crippen molar-refractivity contribution in [3.63, 3.8) is 0 Å². The van der Waals surface area contributed by atoms with E-state index in [-0.39, 0.29) is 24.5 Å². The van der Waals surface area contributed by atoms with Crippen LogP contribution in [0.5, 0.6) is 0 Å². The third kappa shape index (κ3) is 2.90. The molecule has 0 unspecified atom stereocenters. The molecule has 2 rings (SSSR count). The van der Waals surface area contributed by atoms with Gasteiger partial charge in [0.1, 0.15) is 0 Å². The van der Waals surface area contributed by atoms with Crippen molar-refractivity contribution in [2.45, 2.75) is 43.6 Å². The highest BCUT2D eigenvalue weighted by Gasteiger charge is 2.42. The smallest absolute Gasteiger partial charge is 0.385 e. The topological polar surface area (TPSA) is 42.4 Å². The minimum Gasteiger partial charge on any atom is -0.385 e. The molecule has 0 aromatic carbocycles. The molecule has 19 heavy (non-hydrogen) atoms. The summed E-state index contributed by atoms with van der Waals surface area (Å²) >= 11 is 0. The summed E-state index contributed by atoms with van der Waals surface area (Å²) in [6, 6.07) is 0.912. The van der Waals surface area contributed by atoms with Crippen molar-refractivity contribution in [1.29, 1.82) is 0 Å². The molecule has 6 heteroatoms. The highest BCUT2D eigenvalue weighted by atomic mass is 19.4. The summed E-state index contributed by atoms with van der Waals surface area (Å²) in [6.07, 6.45) is -0.677. The fraction of sp³-hybridized carbons (Fsp3) is 0.615. The zero-order valence-corrected chi connectivity index (χ0v) is 10.6. The van der Waals surface area contributed by atoms with Gasteiger partial charge in [0.2, 0.25) is 0 Å². The van der Waals surface area contributed by atoms with Gasteiger partial charge in [0.25, 0.3) is 0 Å². The van der Waals surface area contributed by atoms with Gasteiger partial charge in [-0.2, -0.15) is 13.2 Å². The number of alkyl halides is 3. The van der Waals surface area contributed by atoms with Gasteiger partial charge >= 0.3 is 6.18 Å². The standard InChI is InChI=1S/C13H16F3NO2/c1-19-9-2-5-12(18,6-3-9)11-8-17-7-4-10(11)13(14,15)16/h4,7-9,18H,2-3,5-6H2,1H3. The van der Waals surface area contributed by atoms with Crippen LogP contribution in [0, 0.1) is 0 Å². The molecule has 1 fully saturated rings.